The third-order valence-corrected chi connectivity index (χ3v) is 5.98. The molecule has 0 saturated carbocycles. The molecule has 0 aliphatic carbocycles. The summed E-state index contributed by atoms with van der Waals surface area (Å²) in [6, 6.07) is 6.82. The number of thiocarbonyl (C=S) groups is 1. The molecule has 0 bridgehead atoms. The van der Waals surface area contributed by atoms with Crippen molar-refractivity contribution < 1.29 is 8.42 Å². The van der Waals surface area contributed by atoms with Gasteiger partial charge in [0.25, 0.3) is 0 Å². The van der Waals surface area contributed by atoms with Gasteiger partial charge in [0, 0.05) is 18.5 Å². The highest BCUT2D eigenvalue weighted by Gasteiger charge is 2.40. The van der Waals surface area contributed by atoms with Crippen molar-refractivity contribution in [2.24, 2.45) is 5.73 Å². The highest BCUT2D eigenvalue weighted by molar-refractivity contribution is 7.89. The maximum Gasteiger partial charge on any atom is 0.243 e. The van der Waals surface area contributed by atoms with Crippen molar-refractivity contribution in [2.75, 3.05) is 6.54 Å². The first-order chi connectivity index (χ1) is 9.23. The zero-order chi connectivity index (χ0) is 15.0. The van der Waals surface area contributed by atoms with E-state index >= 15 is 0 Å². The van der Waals surface area contributed by atoms with Gasteiger partial charge in [-0.3, -0.25) is 0 Å². The zero-order valence-electron chi connectivity index (χ0n) is 11.8. The van der Waals surface area contributed by atoms with Crippen LogP contribution in [0.5, 0.6) is 0 Å². The molecule has 1 aliphatic heterocycles. The maximum absolute atomic E-state index is 12.7. The van der Waals surface area contributed by atoms with Gasteiger partial charge in [-0.15, -0.1) is 0 Å². The summed E-state index contributed by atoms with van der Waals surface area (Å²) in [6.07, 6.45) is 2.29. The summed E-state index contributed by atoms with van der Waals surface area (Å²) in [4.78, 5) is 0.737. The summed E-state index contributed by atoms with van der Waals surface area (Å²) >= 11 is 4.85. The average Bonchev–Trinajstić information content (AvgIpc) is 2.69. The van der Waals surface area contributed by atoms with E-state index in [4.69, 9.17) is 18.0 Å². The van der Waals surface area contributed by atoms with E-state index in [1.807, 2.05) is 13.8 Å². The standard InChI is InChI=1S/C14H20N2O2S2/c1-14(2)8-3-9-16(14)20(17,18)12-6-4-11(5-7-12)10-13(15)19/h4-7H,3,8-10H2,1-2H3,(H2,15,19). The Balaban J connectivity index is 2.28. The molecule has 0 amide bonds. The topological polar surface area (TPSA) is 63.4 Å². The SMILES string of the molecule is CC1(C)CCCN1S(=O)(=O)c1ccc(CC(N)=S)cc1. The Hall–Kier alpha value is -0.980. The molecular formula is C14H20N2O2S2. The molecule has 1 aromatic carbocycles. The second-order valence-corrected chi connectivity index (χ2v) is 8.17. The van der Waals surface area contributed by atoms with Gasteiger partial charge in [0.2, 0.25) is 10.0 Å². The summed E-state index contributed by atoms with van der Waals surface area (Å²) in [5, 5.41) is 0. The summed E-state index contributed by atoms with van der Waals surface area (Å²) in [5.41, 5.74) is 6.11. The van der Waals surface area contributed by atoms with E-state index in [1.165, 1.54) is 0 Å². The Bertz CT molecular complexity index is 607. The third kappa shape index (κ3) is 3.02. The number of benzene rings is 1. The molecule has 6 heteroatoms. The lowest BCUT2D eigenvalue weighted by Gasteiger charge is -2.30. The van der Waals surface area contributed by atoms with Crippen molar-refractivity contribution in [3.05, 3.63) is 29.8 Å². The molecule has 2 rings (SSSR count). The maximum atomic E-state index is 12.7. The summed E-state index contributed by atoms with van der Waals surface area (Å²) in [6.45, 7) is 4.53. The van der Waals surface area contributed by atoms with Crippen molar-refractivity contribution >= 4 is 27.2 Å². The highest BCUT2D eigenvalue weighted by Crippen LogP contribution is 2.33. The Kier molecular flexibility index (Phi) is 4.18. The summed E-state index contributed by atoms with van der Waals surface area (Å²) in [5.74, 6) is 0. The summed E-state index contributed by atoms with van der Waals surface area (Å²) in [7, 11) is -3.42. The largest absolute Gasteiger partial charge is 0.393 e. The normalized spacial score (nSPS) is 19.1. The molecule has 0 radical (unpaired) electrons. The fourth-order valence-electron chi connectivity index (χ4n) is 2.64. The minimum absolute atomic E-state index is 0.309. The van der Waals surface area contributed by atoms with E-state index in [2.05, 4.69) is 0 Å². The van der Waals surface area contributed by atoms with Crippen molar-refractivity contribution in [1.82, 2.24) is 4.31 Å². The second kappa shape index (κ2) is 5.42. The van der Waals surface area contributed by atoms with Crippen LogP contribution in [-0.4, -0.2) is 29.8 Å². The van der Waals surface area contributed by atoms with Crippen molar-refractivity contribution in [2.45, 2.75) is 43.5 Å². The first-order valence-electron chi connectivity index (χ1n) is 6.63. The molecule has 1 aliphatic rings. The first-order valence-corrected chi connectivity index (χ1v) is 8.48. The van der Waals surface area contributed by atoms with E-state index in [0.717, 1.165) is 18.4 Å². The van der Waals surface area contributed by atoms with Gasteiger partial charge in [0.05, 0.1) is 9.88 Å². The number of rotatable bonds is 4. The second-order valence-electron chi connectivity index (χ2n) is 5.78. The predicted molar refractivity (Wildman–Crippen MR) is 84.1 cm³/mol. The molecule has 0 spiro atoms. The average molecular weight is 312 g/mol. The summed E-state index contributed by atoms with van der Waals surface area (Å²) < 4.78 is 26.9. The number of nitrogens with two attached hydrogens (primary N) is 1. The Morgan fingerprint density at radius 1 is 1.35 bits per heavy atom. The van der Waals surface area contributed by atoms with Crippen LogP contribution in [0, 0.1) is 0 Å². The van der Waals surface area contributed by atoms with Crippen LogP contribution in [0.15, 0.2) is 29.2 Å². The lowest BCUT2D eigenvalue weighted by Crippen LogP contribution is -2.42. The van der Waals surface area contributed by atoms with Gasteiger partial charge in [-0.25, -0.2) is 8.42 Å². The molecular weight excluding hydrogens is 292 g/mol. The van der Waals surface area contributed by atoms with Crippen LogP contribution in [0.4, 0.5) is 0 Å². The van der Waals surface area contributed by atoms with E-state index in [9.17, 15) is 8.42 Å². The van der Waals surface area contributed by atoms with Crippen LogP contribution >= 0.6 is 12.2 Å². The quantitative estimate of drug-likeness (QED) is 0.865. The van der Waals surface area contributed by atoms with Crippen LogP contribution in [0.1, 0.15) is 32.3 Å². The minimum Gasteiger partial charge on any atom is -0.393 e. The minimum atomic E-state index is -3.42. The fraction of sp³-hybridized carbons (Fsp3) is 0.500. The predicted octanol–water partition coefficient (Wildman–Crippen LogP) is 2.08. The Morgan fingerprint density at radius 2 is 1.95 bits per heavy atom. The molecule has 4 nitrogen and oxygen atoms in total. The third-order valence-electron chi connectivity index (χ3n) is 3.71. The van der Waals surface area contributed by atoms with Crippen LogP contribution in [0.2, 0.25) is 0 Å². The molecule has 1 heterocycles. The monoisotopic (exact) mass is 312 g/mol. The van der Waals surface area contributed by atoms with Crippen LogP contribution in [0.3, 0.4) is 0 Å². The Labute approximate surface area is 126 Å². The molecule has 0 atom stereocenters. The van der Waals surface area contributed by atoms with Crippen LogP contribution < -0.4 is 5.73 Å². The first kappa shape index (κ1) is 15.4. The van der Waals surface area contributed by atoms with Crippen LogP contribution in [-0.2, 0) is 16.4 Å². The van der Waals surface area contributed by atoms with Gasteiger partial charge in [0.1, 0.15) is 0 Å². The van der Waals surface area contributed by atoms with Gasteiger partial charge < -0.3 is 5.73 Å². The van der Waals surface area contributed by atoms with Crippen molar-refractivity contribution in [1.29, 1.82) is 0 Å². The molecule has 1 fully saturated rings. The van der Waals surface area contributed by atoms with E-state index in [1.54, 1.807) is 28.6 Å². The lowest BCUT2D eigenvalue weighted by molar-refractivity contribution is 0.291. The lowest BCUT2D eigenvalue weighted by atomic mass is 10.0. The van der Waals surface area contributed by atoms with Gasteiger partial charge in [-0.05, 0) is 44.4 Å². The van der Waals surface area contributed by atoms with Gasteiger partial charge in [-0.2, -0.15) is 4.31 Å². The van der Waals surface area contributed by atoms with E-state index in [-0.39, 0.29) is 5.54 Å². The highest BCUT2D eigenvalue weighted by atomic mass is 32.2. The van der Waals surface area contributed by atoms with Crippen molar-refractivity contribution in [3.8, 4) is 0 Å². The van der Waals surface area contributed by atoms with Gasteiger partial charge >= 0.3 is 0 Å². The number of sulfonamides is 1. The van der Waals surface area contributed by atoms with Crippen molar-refractivity contribution in [3.63, 3.8) is 0 Å². The number of hydrogen-bond donors (Lipinski definition) is 1. The molecule has 0 unspecified atom stereocenters. The molecule has 1 saturated heterocycles. The van der Waals surface area contributed by atoms with Gasteiger partial charge in [-0.1, -0.05) is 24.4 Å². The van der Waals surface area contributed by atoms with Crippen LogP contribution in [0.25, 0.3) is 0 Å². The fourth-order valence-corrected chi connectivity index (χ4v) is 4.65. The zero-order valence-corrected chi connectivity index (χ0v) is 13.4. The molecule has 1 aromatic rings. The van der Waals surface area contributed by atoms with Gasteiger partial charge in [0.15, 0.2) is 0 Å². The molecule has 110 valence electrons. The molecule has 2 N–H and O–H groups in total. The molecule has 0 aromatic heterocycles. The van der Waals surface area contributed by atoms with E-state index in [0.29, 0.717) is 22.8 Å². The number of hydrogen-bond acceptors (Lipinski definition) is 3. The van der Waals surface area contributed by atoms with E-state index < -0.39 is 10.0 Å². The Morgan fingerprint density at radius 3 is 2.40 bits per heavy atom. The molecule has 20 heavy (non-hydrogen) atoms. The smallest absolute Gasteiger partial charge is 0.243 e. The number of nitrogens with zero attached hydrogens (tertiary/aromatic N) is 1.